The van der Waals surface area contributed by atoms with Gasteiger partial charge in [-0.3, -0.25) is 9.59 Å². The van der Waals surface area contributed by atoms with Crippen LogP contribution in [0.2, 0.25) is 0 Å². The summed E-state index contributed by atoms with van der Waals surface area (Å²) >= 11 is 0. The van der Waals surface area contributed by atoms with E-state index in [0.29, 0.717) is 38.4 Å². The maximum Gasteiger partial charge on any atom is 0.234 e. The molecule has 1 fully saturated rings. The van der Waals surface area contributed by atoms with Gasteiger partial charge in [-0.25, -0.2) is 4.39 Å². The highest BCUT2D eigenvalue weighted by molar-refractivity contribution is 5.78. The van der Waals surface area contributed by atoms with Crippen LogP contribution in [0.4, 0.5) is 4.39 Å². The molecule has 1 aromatic carbocycles. The van der Waals surface area contributed by atoms with Crippen LogP contribution in [0, 0.1) is 23.1 Å². The monoisotopic (exact) mass is 331 g/mol. The van der Waals surface area contributed by atoms with Gasteiger partial charge in [-0.1, -0.05) is 12.1 Å². The number of hydrogen-bond donors (Lipinski definition) is 1. The van der Waals surface area contributed by atoms with Crippen molar-refractivity contribution in [1.82, 2.24) is 10.2 Å². The van der Waals surface area contributed by atoms with Gasteiger partial charge < -0.3 is 10.2 Å². The zero-order valence-corrected chi connectivity index (χ0v) is 13.6. The summed E-state index contributed by atoms with van der Waals surface area (Å²) in [5, 5.41) is 11.2. The lowest BCUT2D eigenvalue weighted by Gasteiger charge is -2.32. The molecular formula is C18H22FN3O2. The number of likely N-dealkylation sites (tertiary alicyclic amines) is 1. The molecule has 1 aliphatic heterocycles. The van der Waals surface area contributed by atoms with E-state index in [-0.39, 0.29) is 24.1 Å². The second kappa shape index (κ2) is 9.02. The molecule has 0 aliphatic carbocycles. The highest BCUT2D eigenvalue weighted by atomic mass is 19.1. The fourth-order valence-corrected chi connectivity index (χ4v) is 2.88. The lowest BCUT2D eigenvalue weighted by Crippen LogP contribution is -2.41. The van der Waals surface area contributed by atoms with Crippen molar-refractivity contribution < 1.29 is 14.0 Å². The quantitative estimate of drug-likeness (QED) is 0.867. The smallest absolute Gasteiger partial charge is 0.234 e. The van der Waals surface area contributed by atoms with Gasteiger partial charge >= 0.3 is 0 Å². The van der Waals surface area contributed by atoms with E-state index in [1.54, 1.807) is 6.07 Å². The van der Waals surface area contributed by atoms with E-state index in [0.717, 1.165) is 18.4 Å². The third-order valence-corrected chi connectivity index (χ3v) is 4.31. The largest absolute Gasteiger partial charge is 0.355 e. The second-order valence-corrected chi connectivity index (χ2v) is 6.09. The second-order valence-electron chi connectivity index (χ2n) is 6.09. The van der Waals surface area contributed by atoms with E-state index in [9.17, 15) is 14.0 Å². The van der Waals surface area contributed by atoms with E-state index in [1.165, 1.54) is 12.1 Å². The number of halogens is 1. The van der Waals surface area contributed by atoms with Crippen LogP contribution in [-0.4, -0.2) is 36.3 Å². The molecule has 128 valence electrons. The molecule has 0 atom stereocenters. The number of aryl methyl sites for hydroxylation is 1. The Kier molecular flexibility index (Phi) is 6.74. The molecule has 0 aromatic heterocycles. The highest BCUT2D eigenvalue weighted by Crippen LogP contribution is 2.18. The van der Waals surface area contributed by atoms with Crippen LogP contribution in [0.25, 0.3) is 0 Å². The molecule has 2 amide bonds. The van der Waals surface area contributed by atoms with Crippen LogP contribution in [0.3, 0.4) is 0 Å². The van der Waals surface area contributed by atoms with E-state index < -0.39 is 0 Å². The third-order valence-electron chi connectivity index (χ3n) is 4.31. The number of nitrogens with one attached hydrogen (secondary N) is 1. The van der Waals surface area contributed by atoms with Crippen molar-refractivity contribution in [2.75, 3.05) is 19.6 Å². The Bertz CT molecular complexity index is 619. The van der Waals surface area contributed by atoms with E-state index >= 15 is 0 Å². The number of piperidine rings is 1. The fourth-order valence-electron chi connectivity index (χ4n) is 2.88. The third kappa shape index (κ3) is 5.65. The number of carbonyl (C=O) groups is 2. The van der Waals surface area contributed by atoms with Gasteiger partial charge in [-0.05, 0) is 42.9 Å². The Hall–Kier alpha value is -2.42. The molecule has 0 spiro atoms. The number of nitriles is 1. The van der Waals surface area contributed by atoms with E-state index in [1.807, 2.05) is 17.0 Å². The number of rotatable bonds is 6. The van der Waals surface area contributed by atoms with Gasteiger partial charge in [0.1, 0.15) is 12.2 Å². The van der Waals surface area contributed by atoms with Gasteiger partial charge in [0.25, 0.3) is 0 Å². The standard InChI is InChI=1S/C18H22FN3O2/c19-16-3-1-2-14(12-16)4-5-18(24)22-10-7-15(8-11-22)13-21-17(23)6-9-20/h1-3,12,15H,4-8,10-11,13H2,(H,21,23). The van der Waals surface area contributed by atoms with Crippen LogP contribution in [0.5, 0.6) is 0 Å². The van der Waals surface area contributed by atoms with Crippen molar-refractivity contribution in [3.8, 4) is 6.07 Å². The maximum atomic E-state index is 13.1. The highest BCUT2D eigenvalue weighted by Gasteiger charge is 2.22. The summed E-state index contributed by atoms with van der Waals surface area (Å²) in [6.07, 6.45) is 2.50. The van der Waals surface area contributed by atoms with Crippen LogP contribution in [0.1, 0.15) is 31.2 Å². The van der Waals surface area contributed by atoms with Gasteiger partial charge in [0, 0.05) is 26.1 Å². The molecule has 0 saturated carbocycles. The maximum absolute atomic E-state index is 13.1. The molecule has 2 rings (SSSR count). The summed E-state index contributed by atoms with van der Waals surface area (Å²) in [7, 11) is 0. The summed E-state index contributed by atoms with van der Waals surface area (Å²) in [6, 6.07) is 8.16. The van der Waals surface area contributed by atoms with Crippen molar-refractivity contribution >= 4 is 11.8 Å². The molecule has 1 aliphatic rings. The number of amides is 2. The first-order valence-electron chi connectivity index (χ1n) is 8.24. The molecule has 1 saturated heterocycles. The zero-order chi connectivity index (χ0) is 17.4. The Morgan fingerprint density at radius 3 is 2.75 bits per heavy atom. The number of carbonyl (C=O) groups excluding carboxylic acids is 2. The molecule has 6 heteroatoms. The van der Waals surface area contributed by atoms with Crippen molar-refractivity contribution in [1.29, 1.82) is 5.26 Å². The molecule has 5 nitrogen and oxygen atoms in total. The summed E-state index contributed by atoms with van der Waals surface area (Å²) in [6.45, 7) is 1.92. The van der Waals surface area contributed by atoms with Crippen molar-refractivity contribution in [3.63, 3.8) is 0 Å². The minimum Gasteiger partial charge on any atom is -0.355 e. The van der Waals surface area contributed by atoms with Gasteiger partial charge in [0.05, 0.1) is 6.07 Å². The Labute approximate surface area is 141 Å². The van der Waals surface area contributed by atoms with Crippen LogP contribution in [0.15, 0.2) is 24.3 Å². The first kappa shape index (κ1) is 17.9. The normalized spacial score (nSPS) is 14.9. The van der Waals surface area contributed by atoms with Crippen molar-refractivity contribution in [2.45, 2.75) is 32.1 Å². The molecule has 24 heavy (non-hydrogen) atoms. The van der Waals surface area contributed by atoms with E-state index in [2.05, 4.69) is 5.32 Å². The molecule has 1 aromatic rings. The summed E-state index contributed by atoms with van der Waals surface area (Å²) < 4.78 is 13.1. The van der Waals surface area contributed by atoms with Crippen molar-refractivity contribution in [3.05, 3.63) is 35.6 Å². The Morgan fingerprint density at radius 2 is 2.08 bits per heavy atom. The average Bonchev–Trinajstić information content (AvgIpc) is 2.59. The molecular weight excluding hydrogens is 309 g/mol. The minimum atomic E-state index is -0.279. The molecule has 0 radical (unpaired) electrons. The molecule has 0 unspecified atom stereocenters. The lowest BCUT2D eigenvalue weighted by atomic mass is 9.96. The van der Waals surface area contributed by atoms with Crippen LogP contribution < -0.4 is 5.32 Å². The number of hydrogen-bond acceptors (Lipinski definition) is 3. The summed E-state index contributed by atoms with van der Waals surface area (Å²) in [5.74, 6) is -0.0866. The minimum absolute atomic E-state index is 0.0891. The zero-order valence-electron chi connectivity index (χ0n) is 13.6. The molecule has 0 bridgehead atoms. The van der Waals surface area contributed by atoms with Gasteiger partial charge in [-0.2, -0.15) is 5.26 Å². The van der Waals surface area contributed by atoms with Crippen LogP contribution >= 0.6 is 0 Å². The first-order chi connectivity index (χ1) is 11.6. The first-order valence-corrected chi connectivity index (χ1v) is 8.24. The van der Waals surface area contributed by atoms with Crippen molar-refractivity contribution in [2.24, 2.45) is 5.92 Å². The van der Waals surface area contributed by atoms with Gasteiger partial charge in [-0.15, -0.1) is 0 Å². The Balaban J connectivity index is 1.69. The molecule has 1 N–H and O–H groups in total. The number of benzene rings is 1. The average molecular weight is 331 g/mol. The molecule has 1 heterocycles. The predicted octanol–water partition coefficient (Wildman–Crippen LogP) is 2.03. The van der Waals surface area contributed by atoms with Gasteiger partial charge in [0.15, 0.2) is 0 Å². The predicted molar refractivity (Wildman–Crippen MR) is 87.3 cm³/mol. The topological polar surface area (TPSA) is 73.2 Å². The number of nitrogens with zero attached hydrogens (tertiary/aromatic N) is 2. The van der Waals surface area contributed by atoms with Gasteiger partial charge in [0.2, 0.25) is 11.8 Å². The summed E-state index contributed by atoms with van der Waals surface area (Å²) in [4.78, 5) is 25.4. The summed E-state index contributed by atoms with van der Waals surface area (Å²) in [5.41, 5.74) is 0.832. The van der Waals surface area contributed by atoms with E-state index in [4.69, 9.17) is 5.26 Å². The fraction of sp³-hybridized carbons (Fsp3) is 0.500. The SMILES string of the molecule is N#CCC(=O)NCC1CCN(C(=O)CCc2cccc(F)c2)CC1. The Morgan fingerprint density at radius 1 is 1.33 bits per heavy atom. The lowest BCUT2D eigenvalue weighted by molar-refractivity contribution is -0.132. The van der Waals surface area contributed by atoms with Crippen LogP contribution in [-0.2, 0) is 16.0 Å².